The van der Waals surface area contributed by atoms with Gasteiger partial charge in [-0.3, -0.25) is 9.59 Å². The second-order valence-corrected chi connectivity index (χ2v) is 6.76. The highest BCUT2D eigenvalue weighted by molar-refractivity contribution is 6.01. The van der Waals surface area contributed by atoms with Crippen LogP contribution in [0.5, 0.6) is 0 Å². The lowest BCUT2D eigenvalue weighted by atomic mass is 9.71. The molecule has 4 nitrogen and oxygen atoms in total. The number of rotatable bonds is 1. The van der Waals surface area contributed by atoms with Crippen molar-refractivity contribution in [1.29, 1.82) is 0 Å². The molecule has 18 heavy (non-hydrogen) atoms. The minimum atomic E-state index is -0.763. The zero-order valence-corrected chi connectivity index (χ0v) is 11.8. The van der Waals surface area contributed by atoms with Gasteiger partial charge in [0.2, 0.25) is 0 Å². The zero-order valence-electron chi connectivity index (χ0n) is 11.8. The number of esters is 1. The molecule has 3 atom stereocenters. The topological polar surface area (TPSA) is 52.6 Å². The van der Waals surface area contributed by atoms with Crippen molar-refractivity contribution in [3.8, 4) is 0 Å². The third-order valence-corrected chi connectivity index (χ3v) is 4.65. The Labute approximate surface area is 108 Å². The molecule has 0 unspecified atom stereocenters. The van der Waals surface area contributed by atoms with Crippen LogP contribution in [0.25, 0.3) is 0 Å². The van der Waals surface area contributed by atoms with Gasteiger partial charge in [-0.15, -0.1) is 0 Å². The normalized spacial score (nSPS) is 39.8. The summed E-state index contributed by atoms with van der Waals surface area (Å²) in [4.78, 5) is 24.1. The van der Waals surface area contributed by atoms with Crippen LogP contribution < -0.4 is 0 Å². The lowest BCUT2D eigenvalue weighted by Crippen LogP contribution is -2.57. The van der Waals surface area contributed by atoms with Gasteiger partial charge >= 0.3 is 5.97 Å². The number of fused-ring (bicyclic) bond motifs is 2. The van der Waals surface area contributed by atoms with Crippen LogP contribution in [0, 0.1) is 11.3 Å². The summed E-state index contributed by atoms with van der Waals surface area (Å²) >= 11 is 0. The van der Waals surface area contributed by atoms with E-state index in [0.717, 1.165) is 12.8 Å². The summed E-state index contributed by atoms with van der Waals surface area (Å²) in [5.41, 5.74) is -1.24. The Kier molecular flexibility index (Phi) is 2.85. The molecule has 2 heterocycles. The molecule has 0 aromatic heterocycles. The Morgan fingerprint density at radius 1 is 1.39 bits per heavy atom. The molecule has 0 amide bonds. The van der Waals surface area contributed by atoms with E-state index in [2.05, 4.69) is 20.8 Å². The van der Waals surface area contributed by atoms with E-state index in [1.54, 1.807) is 0 Å². The summed E-state index contributed by atoms with van der Waals surface area (Å²) < 4.78 is 11.0. The third-order valence-electron chi connectivity index (χ3n) is 4.65. The molecule has 0 aliphatic carbocycles. The number of ketones is 1. The van der Waals surface area contributed by atoms with Gasteiger partial charge in [-0.1, -0.05) is 20.8 Å². The van der Waals surface area contributed by atoms with Gasteiger partial charge in [0, 0.05) is 6.42 Å². The summed E-state index contributed by atoms with van der Waals surface area (Å²) in [6, 6.07) is 0. The van der Waals surface area contributed by atoms with E-state index < -0.39 is 23.1 Å². The highest BCUT2D eigenvalue weighted by atomic mass is 16.6. The largest absolute Gasteiger partial charge is 0.468 e. The molecule has 2 aliphatic heterocycles. The zero-order chi connectivity index (χ0) is 13.8. The van der Waals surface area contributed by atoms with Gasteiger partial charge in [0.15, 0.2) is 5.78 Å². The number of carbonyl (C=O) groups is 2. The van der Waals surface area contributed by atoms with E-state index in [4.69, 9.17) is 9.47 Å². The molecule has 0 aromatic rings. The summed E-state index contributed by atoms with van der Waals surface area (Å²) in [7, 11) is 1.32. The van der Waals surface area contributed by atoms with Crippen molar-refractivity contribution in [2.24, 2.45) is 11.3 Å². The Morgan fingerprint density at radius 2 is 2.00 bits per heavy atom. The Hall–Kier alpha value is -0.900. The van der Waals surface area contributed by atoms with Gasteiger partial charge in [0.25, 0.3) is 0 Å². The molecule has 0 spiro atoms. The number of Topliss-reactive ketones (excluding diaryl/α,β-unsaturated/α-hetero) is 1. The fourth-order valence-corrected chi connectivity index (χ4v) is 3.34. The van der Waals surface area contributed by atoms with Crippen LogP contribution in [0.2, 0.25) is 0 Å². The maximum absolute atomic E-state index is 12.3. The second-order valence-electron chi connectivity index (χ2n) is 6.76. The maximum Gasteiger partial charge on any atom is 0.319 e. The van der Waals surface area contributed by atoms with Crippen molar-refractivity contribution >= 4 is 11.8 Å². The van der Waals surface area contributed by atoms with Crippen LogP contribution in [0.15, 0.2) is 0 Å². The van der Waals surface area contributed by atoms with Crippen molar-refractivity contribution < 1.29 is 19.1 Å². The predicted octanol–water partition coefficient (Wildman–Crippen LogP) is 2.10. The minimum absolute atomic E-state index is 0.0389. The van der Waals surface area contributed by atoms with Crippen LogP contribution in [-0.4, -0.2) is 30.1 Å². The van der Waals surface area contributed by atoms with Crippen LogP contribution in [0.3, 0.4) is 0 Å². The van der Waals surface area contributed by atoms with Crippen LogP contribution in [-0.2, 0) is 19.1 Å². The second kappa shape index (κ2) is 3.80. The van der Waals surface area contributed by atoms with Crippen molar-refractivity contribution in [3.05, 3.63) is 0 Å². The van der Waals surface area contributed by atoms with Crippen LogP contribution >= 0.6 is 0 Å². The fourth-order valence-electron chi connectivity index (χ4n) is 3.34. The lowest BCUT2D eigenvalue weighted by Gasteiger charge is -2.47. The molecule has 2 aliphatic rings. The maximum atomic E-state index is 12.3. The quantitative estimate of drug-likeness (QED) is 0.531. The molecular formula is C14H22O4. The first kappa shape index (κ1) is 13.5. The molecule has 2 fully saturated rings. The molecular weight excluding hydrogens is 232 g/mol. The molecule has 102 valence electrons. The van der Waals surface area contributed by atoms with Crippen LogP contribution in [0.4, 0.5) is 0 Å². The van der Waals surface area contributed by atoms with E-state index >= 15 is 0 Å². The standard InChI is InChI=1S/C14H22O4/c1-12(2,3)14-7-6-13(4,18-14)10(9(15)8-14)11(16)17-5/h10H,6-8H2,1-5H3/t10-,13-,14+/m1/s1. The SMILES string of the molecule is COC(=O)[C@H]1C(=O)C[C@]2(C(C)(C)C)CC[C@@]1(C)O2. The molecule has 2 bridgehead atoms. The average molecular weight is 254 g/mol. The third kappa shape index (κ3) is 1.69. The summed E-state index contributed by atoms with van der Waals surface area (Å²) in [6.45, 7) is 8.12. The summed E-state index contributed by atoms with van der Waals surface area (Å²) in [5, 5.41) is 0. The molecule has 0 N–H and O–H groups in total. The van der Waals surface area contributed by atoms with Crippen molar-refractivity contribution in [3.63, 3.8) is 0 Å². The number of methoxy groups -OCH3 is 1. The number of carbonyl (C=O) groups excluding carboxylic acids is 2. The monoisotopic (exact) mass is 254 g/mol. The van der Waals surface area contributed by atoms with Gasteiger partial charge in [-0.2, -0.15) is 0 Å². The molecule has 0 aromatic carbocycles. The summed E-state index contributed by atoms with van der Waals surface area (Å²) in [5.74, 6) is -1.27. The van der Waals surface area contributed by atoms with E-state index in [9.17, 15) is 9.59 Å². The van der Waals surface area contributed by atoms with E-state index in [-0.39, 0.29) is 11.2 Å². The van der Waals surface area contributed by atoms with Crippen molar-refractivity contribution in [2.45, 2.75) is 58.2 Å². The van der Waals surface area contributed by atoms with Gasteiger partial charge in [-0.25, -0.2) is 0 Å². The molecule has 2 saturated heterocycles. The molecule has 2 rings (SSSR count). The summed E-state index contributed by atoms with van der Waals surface area (Å²) in [6.07, 6.45) is 1.87. The van der Waals surface area contributed by atoms with Gasteiger partial charge in [-0.05, 0) is 25.2 Å². The van der Waals surface area contributed by atoms with Gasteiger partial charge in [0.05, 0.1) is 18.3 Å². The van der Waals surface area contributed by atoms with E-state index in [1.807, 2.05) is 6.92 Å². The van der Waals surface area contributed by atoms with Gasteiger partial charge in [0.1, 0.15) is 5.92 Å². The first-order valence-electron chi connectivity index (χ1n) is 6.46. The Bertz CT molecular complexity index is 395. The first-order valence-corrected chi connectivity index (χ1v) is 6.46. The first-order chi connectivity index (χ1) is 8.15. The number of ether oxygens (including phenoxy) is 2. The van der Waals surface area contributed by atoms with Gasteiger partial charge < -0.3 is 9.47 Å². The number of hydrogen-bond donors (Lipinski definition) is 0. The molecule has 4 heteroatoms. The predicted molar refractivity (Wildman–Crippen MR) is 66.0 cm³/mol. The average Bonchev–Trinajstić information content (AvgIpc) is 2.51. The Morgan fingerprint density at radius 3 is 2.50 bits per heavy atom. The van der Waals surface area contributed by atoms with E-state index in [0.29, 0.717) is 6.42 Å². The smallest absolute Gasteiger partial charge is 0.319 e. The fraction of sp³-hybridized carbons (Fsp3) is 0.857. The van der Waals surface area contributed by atoms with Crippen molar-refractivity contribution in [1.82, 2.24) is 0 Å². The molecule has 0 radical (unpaired) electrons. The highest BCUT2D eigenvalue weighted by Crippen LogP contribution is 2.56. The Balaban J connectivity index is 2.38. The molecule has 0 saturated carbocycles. The minimum Gasteiger partial charge on any atom is -0.468 e. The van der Waals surface area contributed by atoms with Crippen LogP contribution in [0.1, 0.15) is 47.0 Å². The highest BCUT2D eigenvalue weighted by Gasteiger charge is 2.64. The number of hydrogen-bond acceptors (Lipinski definition) is 4. The van der Waals surface area contributed by atoms with Crippen molar-refractivity contribution in [2.75, 3.05) is 7.11 Å². The lowest BCUT2D eigenvalue weighted by molar-refractivity contribution is -0.206. The van der Waals surface area contributed by atoms with E-state index in [1.165, 1.54) is 7.11 Å².